The zero-order chi connectivity index (χ0) is 20.1. The fraction of sp³-hybridized carbons (Fsp3) is 0.304. The lowest BCUT2D eigenvalue weighted by Gasteiger charge is -2.38. The van der Waals surface area contributed by atoms with Gasteiger partial charge in [-0.2, -0.15) is 0 Å². The Labute approximate surface area is 175 Å². The lowest BCUT2D eigenvalue weighted by Crippen LogP contribution is -2.43. The minimum atomic E-state index is -0.119. The number of hydrogen-bond acceptors (Lipinski definition) is 5. The van der Waals surface area contributed by atoms with Gasteiger partial charge in [-0.25, -0.2) is 0 Å². The number of piperidine rings is 1. The second kappa shape index (κ2) is 9.09. The number of ether oxygens (including phenoxy) is 1. The van der Waals surface area contributed by atoms with E-state index in [1.54, 1.807) is 13.3 Å². The Hall–Kier alpha value is -2.86. The highest BCUT2D eigenvalue weighted by atomic mass is 32.1. The maximum atomic E-state index is 12.8. The summed E-state index contributed by atoms with van der Waals surface area (Å²) in [7, 11) is 1.68. The second-order valence-corrected chi connectivity index (χ2v) is 8.18. The quantitative estimate of drug-likeness (QED) is 0.652. The van der Waals surface area contributed by atoms with Gasteiger partial charge in [0, 0.05) is 30.9 Å². The first-order valence-electron chi connectivity index (χ1n) is 9.89. The predicted octanol–water partition coefficient (Wildman–Crippen LogP) is 4.54. The largest absolute Gasteiger partial charge is 0.497 e. The Morgan fingerprint density at radius 1 is 1.21 bits per heavy atom. The first kappa shape index (κ1) is 19.5. The molecule has 5 nitrogen and oxygen atoms in total. The van der Waals surface area contributed by atoms with E-state index in [0.717, 1.165) is 42.3 Å². The van der Waals surface area contributed by atoms with Gasteiger partial charge in [-0.05, 0) is 60.7 Å². The number of aromatic nitrogens is 1. The van der Waals surface area contributed by atoms with E-state index in [-0.39, 0.29) is 17.9 Å². The number of anilines is 1. The molecule has 1 fully saturated rings. The van der Waals surface area contributed by atoms with Crippen molar-refractivity contribution < 1.29 is 9.53 Å². The van der Waals surface area contributed by atoms with Gasteiger partial charge in [0.2, 0.25) is 0 Å². The van der Waals surface area contributed by atoms with Crippen LogP contribution in [0.3, 0.4) is 0 Å². The van der Waals surface area contributed by atoms with Gasteiger partial charge < -0.3 is 15.0 Å². The third-order valence-corrected chi connectivity index (χ3v) is 6.27. The van der Waals surface area contributed by atoms with Crippen LogP contribution in [0.5, 0.6) is 5.75 Å². The zero-order valence-electron chi connectivity index (χ0n) is 16.5. The molecule has 4 rings (SSSR count). The van der Waals surface area contributed by atoms with Crippen LogP contribution in [0.1, 0.15) is 34.2 Å². The lowest BCUT2D eigenvalue weighted by molar-refractivity contribution is 0.0920. The molecule has 29 heavy (non-hydrogen) atoms. The first-order valence-corrected chi connectivity index (χ1v) is 10.8. The molecule has 3 heterocycles. The summed E-state index contributed by atoms with van der Waals surface area (Å²) in [6.45, 7) is 1.88. The number of carbonyl (C=O) groups is 1. The van der Waals surface area contributed by atoms with Gasteiger partial charge >= 0.3 is 0 Å². The van der Waals surface area contributed by atoms with Crippen molar-refractivity contribution in [2.45, 2.75) is 18.9 Å². The van der Waals surface area contributed by atoms with Crippen molar-refractivity contribution >= 4 is 22.9 Å². The molecule has 0 aliphatic carbocycles. The van der Waals surface area contributed by atoms with Crippen LogP contribution in [-0.2, 0) is 0 Å². The van der Waals surface area contributed by atoms with Crippen molar-refractivity contribution in [2.75, 3.05) is 25.1 Å². The summed E-state index contributed by atoms with van der Waals surface area (Å²) in [4.78, 5) is 20.5. The fourth-order valence-corrected chi connectivity index (χ4v) is 4.55. The summed E-state index contributed by atoms with van der Waals surface area (Å²) in [6.07, 6.45) is 3.93. The topological polar surface area (TPSA) is 54.5 Å². The number of amides is 1. The summed E-state index contributed by atoms with van der Waals surface area (Å²) in [5, 5.41) is 5.19. The Balaban J connectivity index is 1.55. The molecule has 1 saturated heterocycles. The van der Waals surface area contributed by atoms with Gasteiger partial charge in [0.1, 0.15) is 5.75 Å². The average Bonchev–Trinajstić information content (AvgIpc) is 3.33. The van der Waals surface area contributed by atoms with E-state index < -0.39 is 0 Å². The Morgan fingerprint density at radius 3 is 2.76 bits per heavy atom. The van der Waals surface area contributed by atoms with Gasteiger partial charge in [0.05, 0.1) is 23.7 Å². The summed E-state index contributed by atoms with van der Waals surface area (Å²) in [5.74, 6) is 1.11. The highest BCUT2D eigenvalue weighted by Crippen LogP contribution is 2.32. The number of methoxy groups -OCH3 is 1. The molecule has 150 valence electrons. The third-order valence-electron chi connectivity index (χ3n) is 5.40. The third kappa shape index (κ3) is 4.59. The number of pyridine rings is 1. The van der Waals surface area contributed by atoms with Gasteiger partial charge in [0.15, 0.2) is 0 Å². The Bertz CT molecular complexity index is 913. The number of benzene rings is 1. The van der Waals surface area contributed by atoms with Crippen LogP contribution in [0.15, 0.2) is 66.2 Å². The molecule has 3 aromatic rings. The van der Waals surface area contributed by atoms with Crippen molar-refractivity contribution in [3.8, 4) is 5.75 Å². The van der Waals surface area contributed by atoms with Crippen molar-refractivity contribution in [1.29, 1.82) is 0 Å². The highest BCUT2D eigenvalue weighted by Gasteiger charge is 2.31. The molecule has 0 bridgehead atoms. The van der Waals surface area contributed by atoms with Gasteiger partial charge in [-0.15, -0.1) is 11.3 Å². The van der Waals surface area contributed by atoms with Gasteiger partial charge in [-0.1, -0.05) is 12.1 Å². The first-order chi connectivity index (χ1) is 14.2. The summed E-state index contributed by atoms with van der Waals surface area (Å²) < 4.78 is 5.28. The molecule has 0 unspecified atom stereocenters. The number of carbonyl (C=O) groups excluding carboxylic acids is 1. The molecular formula is C23H25N3O2S. The van der Waals surface area contributed by atoms with E-state index in [4.69, 9.17) is 4.74 Å². The number of thiophene rings is 1. The molecule has 0 spiro atoms. The van der Waals surface area contributed by atoms with Crippen LogP contribution >= 0.6 is 11.3 Å². The molecule has 1 aliphatic rings. The van der Waals surface area contributed by atoms with Crippen LogP contribution in [0, 0.1) is 5.92 Å². The van der Waals surface area contributed by atoms with Crippen LogP contribution in [-0.4, -0.2) is 31.1 Å². The van der Waals surface area contributed by atoms with Gasteiger partial charge in [-0.3, -0.25) is 9.78 Å². The zero-order valence-corrected chi connectivity index (χ0v) is 17.3. The van der Waals surface area contributed by atoms with Crippen molar-refractivity contribution in [2.24, 2.45) is 5.92 Å². The number of nitrogens with zero attached hydrogens (tertiary/aromatic N) is 2. The number of nitrogens with one attached hydrogen (secondary N) is 1. The number of rotatable bonds is 6. The van der Waals surface area contributed by atoms with E-state index in [9.17, 15) is 4.79 Å². The SMILES string of the molecule is COc1ccc(N2CCC[C@H]([C@H](NC(=O)c3cccs3)c3ccccn3)C2)cc1. The van der Waals surface area contributed by atoms with E-state index >= 15 is 0 Å². The van der Waals surface area contributed by atoms with Gasteiger partial charge in [0.25, 0.3) is 5.91 Å². The molecule has 1 amide bonds. The molecule has 6 heteroatoms. The molecule has 0 saturated carbocycles. The Kier molecular flexibility index (Phi) is 6.10. The fourth-order valence-electron chi connectivity index (χ4n) is 3.92. The Morgan fingerprint density at radius 2 is 2.07 bits per heavy atom. The monoisotopic (exact) mass is 407 g/mol. The van der Waals surface area contributed by atoms with Crippen LogP contribution in [0.4, 0.5) is 5.69 Å². The molecule has 0 radical (unpaired) electrons. The average molecular weight is 408 g/mol. The van der Waals surface area contributed by atoms with Crippen LogP contribution in [0.2, 0.25) is 0 Å². The molecule has 1 aliphatic heterocycles. The second-order valence-electron chi connectivity index (χ2n) is 7.23. The van der Waals surface area contributed by atoms with Crippen LogP contribution < -0.4 is 15.0 Å². The summed E-state index contributed by atoms with van der Waals surface area (Å²) in [5.41, 5.74) is 2.10. The van der Waals surface area contributed by atoms with Crippen LogP contribution in [0.25, 0.3) is 0 Å². The molecule has 2 atom stereocenters. The van der Waals surface area contributed by atoms with E-state index in [0.29, 0.717) is 0 Å². The van der Waals surface area contributed by atoms with Crippen molar-refractivity contribution in [1.82, 2.24) is 10.3 Å². The predicted molar refractivity (Wildman–Crippen MR) is 117 cm³/mol. The van der Waals surface area contributed by atoms with E-state index in [1.165, 1.54) is 17.0 Å². The molecule has 1 aromatic carbocycles. The minimum Gasteiger partial charge on any atom is -0.497 e. The van der Waals surface area contributed by atoms with E-state index in [2.05, 4.69) is 27.3 Å². The van der Waals surface area contributed by atoms with Crippen molar-refractivity contribution in [3.63, 3.8) is 0 Å². The van der Waals surface area contributed by atoms with E-state index in [1.807, 2.05) is 47.8 Å². The summed E-state index contributed by atoms with van der Waals surface area (Å²) in [6, 6.07) is 17.7. The lowest BCUT2D eigenvalue weighted by atomic mass is 9.88. The molecular weight excluding hydrogens is 382 g/mol. The number of hydrogen-bond donors (Lipinski definition) is 1. The highest BCUT2D eigenvalue weighted by molar-refractivity contribution is 7.12. The molecule has 2 aromatic heterocycles. The maximum absolute atomic E-state index is 12.8. The maximum Gasteiger partial charge on any atom is 0.261 e. The normalized spacial score (nSPS) is 17.6. The minimum absolute atomic E-state index is 0.0303. The molecule has 1 N–H and O–H groups in total. The summed E-state index contributed by atoms with van der Waals surface area (Å²) >= 11 is 1.46. The standard InChI is InChI=1S/C23H25N3O2S/c1-28-19-11-9-18(10-12-19)26-14-4-6-17(16-26)22(20-7-2-3-13-24-20)25-23(27)21-8-5-15-29-21/h2-3,5,7-13,15,17,22H,4,6,14,16H2,1H3,(H,25,27)/t17-,22-/m0/s1. The van der Waals surface area contributed by atoms with Crippen molar-refractivity contribution in [3.05, 3.63) is 76.7 Å². The smallest absolute Gasteiger partial charge is 0.261 e.